The Bertz CT molecular complexity index is 926. The summed E-state index contributed by atoms with van der Waals surface area (Å²) in [7, 11) is 0. The zero-order valence-electron chi connectivity index (χ0n) is 16.7. The number of ether oxygens (including phenoxy) is 1. The fourth-order valence-electron chi connectivity index (χ4n) is 3.08. The standard InChI is InChI=1S/C23H28N2O2/c1-5-19-18-13-10-14-20(27-16-17-11-8-7-9-12-17)22(18)24-25(19)15-21(26)23(3,4)6-2/h7-14H,5-6,15-16H2,1-4H3. The molecule has 0 fully saturated rings. The van der Waals surface area contributed by atoms with Crippen LogP contribution in [0.4, 0.5) is 0 Å². The maximum Gasteiger partial charge on any atom is 0.159 e. The molecule has 3 aromatic rings. The van der Waals surface area contributed by atoms with Gasteiger partial charge >= 0.3 is 0 Å². The largest absolute Gasteiger partial charge is 0.487 e. The van der Waals surface area contributed by atoms with Gasteiger partial charge in [0.2, 0.25) is 0 Å². The van der Waals surface area contributed by atoms with E-state index in [-0.39, 0.29) is 11.2 Å². The summed E-state index contributed by atoms with van der Waals surface area (Å²) in [5.74, 6) is 0.964. The lowest BCUT2D eigenvalue weighted by Crippen LogP contribution is -2.28. The average molecular weight is 364 g/mol. The Hall–Kier alpha value is -2.62. The first-order valence-electron chi connectivity index (χ1n) is 9.64. The summed E-state index contributed by atoms with van der Waals surface area (Å²) in [6.45, 7) is 8.94. The van der Waals surface area contributed by atoms with Crippen LogP contribution in [-0.2, 0) is 24.4 Å². The average Bonchev–Trinajstić information content (AvgIpc) is 3.04. The molecule has 3 rings (SSSR count). The predicted octanol–water partition coefficient (Wildman–Crippen LogP) is 5.18. The molecule has 0 spiro atoms. The van der Waals surface area contributed by atoms with Gasteiger partial charge in [-0.15, -0.1) is 0 Å². The molecule has 0 aliphatic rings. The minimum absolute atomic E-state index is 0.208. The number of hydrogen-bond acceptors (Lipinski definition) is 3. The first-order valence-corrected chi connectivity index (χ1v) is 9.64. The van der Waals surface area contributed by atoms with Gasteiger partial charge in [0, 0.05) is 16.5 Å². The summed E-state index contributed by atoms with van der Waals surface area (Å²) in [4.78, 5) is 12.7. The van der Waals surface area contributed by atoms with Crippen molar-refractivity contribution in [3.63, 3.8) is 0 Å². The molecular formula is C23H28N2O2. The Labute approximate surface area is 161 Å². The molecule has 2 aromatic carbocycles. The van der Waals surface area contributed by atoms with Gasteiger partial charge < -0.3 is 4.74 Å². The molecule has 4 heteroatoms. The van der Waals surface area contributed by atoms with Crippen LogP contribution in [0.2, 0.25) is 0 Å². The van der Waals surface area contributed by atoms with E-state index in [1.807, 2.05) is 67.9 Å². The molecule has 0 amide bonds. The first kappa shape index (κ1) is 19.2. The van der Waals surface area contributed by atoms with Crippen molar-refractivity contribution in [1.29, 1.82) is 0 Å². The number of nitrogens with zero attached hydrogens (tertiary/aromatic N) is 2. The van der Waals surface area contributed by atoms with Crippen LogP contribution in [0.5, 0.6) is 5.75 Å². The van der Waals surface area contributed by atoms with Gasteiger partial charge in [-0.1, -0.05) is 70.2 Å². The number of rotatable bonds is 8. The van der Waals surface area contributed by atoms with Crippen molar-refractivity contribution in [2.75, 3.05) is 0 Å². The van der Waals surface area contributed by atoms with Crippen LogP contribution in [0.25, 0.3) is 10.9 Å². The topological polar surface area (TPSA) is 44.1 Å². The third kappa shape index (κ3) is 4.05. The molecule has 27 heavy (non-hydrogen) atoms. The Kier molecular flexibility index (Phi) is 5.64. The van der Waals surface area contributed by atoms with Gasteiger partial charge in [0.1, 0.15) is 24.4 Å². The van der Waals surface area contributed by atoms with Crippen LogP contribution in [0.15, 0.2) is 48.5 Å². The molecule has 0 saturated carbocycles. The molecule has 0 N–H and O–H groups in total. The monoisotopic (exact) mass is 364 g/mol. The lowest BCUT2D eigenvalue weighted by Gasteiger charge is -2.21. The maximum atomic E-state index is 12.7. The third-order valence-electron chi connectivity index (χ3n) is 5.35. The SMILES string of the molecule is CCc1c2cccc(OCc3ccccc3)c2nn1CC(=O)C(C)(C)CC. The maximum absolute atomic E-state index is 12.7. The van der Waals surface area contributed by atoms with Crippen LogP contribution in [-0.4, -0.2) is 15.6 Å². The summed E-state index contributed by atoms with van der Waals surface area (Å²) in [6.07, 6.45) is 1.64. The molecule has 0 radical (unpaired) electrons. The van der Waals surface area contributed by atoms with E-state index in [9.17, 15) is 4.79 Å². The van der Waals surface area contributed by atoms with E-state index in [4.69, 9.17) is 9.84 Å². The van der Waals surface area contributed by atoms with E-state index in [0.717, 1.165) is 40.8 Å². The van der Waals surface area contributed by atoms with E-state index >= 15 is 0 Å². The quantitative estimate of drug-likeness (QED) is 0.553. The van der Waals surface area contributed by atoms with Crippen LogP contribution in [0.3, 0.4) is 0 Å². The van der Waals surface area contributed by atoms with Gasteiger partial charge in [-0.05, 0) is 24.5 Å². The van der Waals surface area contributed by atoms with Crippen molar-refractivity contribution in [2.45, 2.75) is 53.7 Å². The second-order valence-electron chi connectivity index (χ2n) is 7.55. The minimum Gasteiger partial charge on any atom is -0.487 e. The molecule has 1 heterocycles. The number of carbonyl (C=O) groups is 1. The molecule has 0 saturated heterocycles. The van der Waals surface area contributed by atoms with Gasteiger partial charge in [0.15, 0.2) is 5.78 Å². The van der Waals surface area contributed by atoms with Crippen LogP contribution >= 0.6 is 0 Å². The molecule has 0 unspecified atom stereocenters. The molecule has 1 aromatic heterocycles. The zero-order valence-corrected chi connectivity index (χ0v) is 16.7. The van der Waals surface area contributed by atoms with Crippen molar-refractivity contribution in [2.24, 2.45) is 5.41 Å². The number of hydrogen-bond donors (Lipinski definition) is 0. The van der Waals surface area contributed by atoms with Gasteiger partial charge in [-0.3, -0.25) is 9.48 Å². The number of ketones is 1. The Balaban J connectivity index is 1.91. The summed E-state index contributed by atoms with van der Waals surface area (Å²) in [6, 6.07) is 16.1. The van der Waals surface area contributed by atoms with Gasteiger partial charge in [0.05, 0.1) is 0 Å². The van der Waals surface area contributed by atoms with Crippen molar-refractivity contribution in [3.8, 4) is 5.75 Å². The Morgan fingerprint density at radius 1 is 1.07 bits per heavy atom. The Morgan fingerprint density at radius 3 is 2.48 bits per heavy atom. The van der Waals surface area contributed by atoms with Crippen LogP contribution in [0.1, 0.15) is 45.4 Å². The summed E-state index contributed by atoms with van der Waals surface area (Å²) >= 11 is 0. The predicted molar refractivity (Wildman–Crippen MR) is 109 cm³/mol. The molecule has 142 valence electrons. The smallest absolute Gasteiger partial charge is 0.159 e. The second-order valence-corrected chi connectivity index (χ2v) is 7.55. The molecular weight excluding hydrogens is 336 g/mol. The zero-order chi connectivity index (χ0) is 19.4. The van der Waals surface area contributed by atoms with Crippen molar-refractivity contribution in [3.05, 3.63) is 59.8 Å². The van der Waals surface area contributed by atoms with Crippen molar-refractivity contribution < 1.29 is 9.53 Å². The third-order valence-corrected chi connectivity index (χ3v) is 5.35. The molecule has 0 bridgehead atoms. The molecule has 0 aliphatic heterocycles. The van der Waals surface area contributed by atoms with E-state index in [0.29, 0.717) is 13.2 Å². The van der Waals surface area contributed by atoms with Crippen LogP contribution < -0.4 is 4.74 Å². The number of carbonyl (C=O) groups excluding carboxylic acids is 1. The highest BCUT2D eigenvalue weighted by Crippen LogP contribution is 2.29. The van der Waals surface area contributed by atoms with Crippen molar-refractivity contribution in [1.82, 2.24) is 9.78 Å². The minimum atomic E-state index is -0.338. The van der Waals surface area contributed by atoms with E-state index < -0.39 is 0 Å². The second kappa shape index (κ2) is 7.95. The highest BCUT2D eigenvalue weighted by molar-refractivity contribution is 5.88. The number of Topliss-reactive ketones (excluding diaryl/α,β-unsaturated/α-hetero) is 1. The van der Waals surface area contributed by atoms with E-state index in [1.54, 1.807) is 0 Å². The fraction of sp³-hybridized carbons (Fsp3) is 0.391. The van der Waals surface area contributed by atoms with E-state index in [1.165, 1.54) is 0 Å². The lowest BCUT2D eigenvalue weighted by molar-refractivity contribution is -0.128. The highest BCUT2D eigenvalue weighted by Gasteiger charge is 2.26. The summed E-state index contributed by atoms with van der Waals surface area (Å²) < 4.78 is 7.91. The summed E-state index contributed by atoms with van der Waals surface area (Å²) in [5, 5.41) is 5.81. The van der Waals surface area contributed by atoms with Gasteiger partial charge in [0.25, 0.3) is 0 Å². The lowest BCUT2D eigenvalue weighted by atomic mass is 9.85. The number of fused-ring (bicyclic) bond motifs is 1. The van der Waals surface area contributed by atoms with Crippen molar-refractivity contribution >= 4 is 16.7 Å². The number of aryl methyl sites for hydroxylation is 1. The first-order chi connectivity index (χ1) is 13.0. The summed E-state index contributed by atoms with van der Waals surface area (Å²) in [5.41, 5.74) is 2.68. The van der Waals surface area contributed by atoms with Crippen LogP contribution in [0, 0.1) is 5.41 Å². The van der Waals surface area contributed by atoms with E-state index in [2.05, 4.69) is 13.0 Å². The fourth-order valence-corrected chi connectivity index (χ4v) is 3.08. The molecule has 0 atom stereocenters. The highest BCUT2D eigenvalue weighted by atomic mass is 16.5. The Morgan fingerprint density at radius 2 is 1.81 bits per heavy atom. The number of aromatic nitrogens is 2. The normalized spacial score (nSPS) is 11.7. The molecule has 0 aliphatic carbocycles. The molecule has 4 nitrogen and oxygen atoms in total. The number of benzene rings is 2. The van der Waals surface area contributed by atoms with Gasteiger partial charge in [-0.25, -0.2) is 0 Å². The van der Waals surface area contributed by atoms with Gasteiger partial charge in [-0.2, -0.15) is 5.10 Å².